The molecule has 0 saturated carbocycles. The number of methoxy groups -OCH3 is 1. The summed E-state index contributed by atoms with van der Waals surface area (Å²) in [5.41, 5.74) is 0.558. The minimum absolute atomic E-state index is 0.0323. The Bertz CT molecular complexity index is 1110. The number of urea groups is 1. The van der Waals surface area contributed by atoms with Crippen LogP contribution in [0.1, 0.15) is 32.8 Å². The molecule has 1 atom stereocenters. The molecule has 1 heterocycles. The van der Waals surface area contributed by atoms with Gasteiger partial charge in [-0.1, -0.05) is 19.1 Å². The van der Waals surface area contributed by atoms with Gasteiger partial charge in [-0.15, -0.1) is 0 Å². The number of halogens is 1. The lowest BCUT2D eigenvalue weighted by Gasteiger charge is -2.27. The van der Waals surface area contributed by atoms with Crippen LogP contribution in [-0.2, 0) is 9.59 Å². The van der Waals surface area contributed by atoms with Crippen LogP contribution in [0.5, 0.6) is 17.2 Å². The molecule has 2 aromatic carbocycles. The standard InChI is InChI=1S/C24H25BrN2O6/c1-5-14(3)33-21-17(25)12-15(13-20(21)31-4)11-16-22(28)26-24(30)27(23(16)29)18-9-7-8-10-19(18)32-6-2/h7-14H,5-6H2,1-4H3,(H,26,28,30)/b16-11+/t14-/m0/s1. The van der Waals surface area contributed by atoms with E-state index in [2.05, 4.69) is 21.2 Å². The second-order valence-electron chi connectivity index (χ2n) is 7.23. The van der Waals surface area contributed by atoms with E-state index in [1.54, 1.807) is 43.3 Å². The number of carbonyl (C=O) groups excluding carboxylic acids is 3. The second kappa shape index (κ2) is 10.5. The number of anilines is 1. The molecule has 0 aromatic heterocycles. The van der Waals surface area contributed by atoms with Crippen molar-refractivity contribution in [3.8, 4) is 17.2 Å². The average molecular weight is 517 g/mol. The van der Waals surface area contributed by atoms with E-state index >= 15 is 0 Å². The summed E-state index contributed by atoms with van der Waals surface area (Å²) in [4.78, 5) is 39.2. The molecule has 2 aromatic rings. The highest BCUT2D eigenvalue weighted by Crippen LogP contribution is 2.38. The summed E-state index contributed by atoms with van der Waals surface area (Å²) in [5.74, 6) is -0.227. The Morgan fingerprint density at radius 3 is 2.52 bits per heavy atom. The van der Waals surface area contributed by atoms with Crippen LogP contribution in [0.25, 0.3) is 6.08 Å². The van der Waals surface area contributed by atoms with Gasteiger partial charge in [0.2, 0.25) is 0 Å². The average Bonchev–Trinajstić information content (AvgIpc) is 2.79. The summed E-state index contributed by atoms with van der Waals surface area (Å²) in [6.07, 6.45) is 2.18. The smallest absolute Gasteiger partial charge is 0.336 e. The second-order valence-corrected chi connectivity index (χ2v) is 8.08. The number of amides is 4. The van der Waals surface area contributed by atoms with Crippen LogP contribution < -0.4 is 24.4 Å². The van der Waals surface area contributed by atoms with Crippen molar-refractivity contribution in [3.63, 3.8) is 0 Å². The molecule has 1 fully saturated rings. The largest absolute Gasteiger partial charge is 0.493 e. The number of carbonyl (C=O) groups is 3. The number of hydrogen-bond donors (Lipinski definition) is 1. The quantitative estimate of drug-likeness (QED) is 0.403. The summed E-state index contributed by atoms with van der Waals surface area (Å²) in [5, 5.41) is 2.22. The van der Waals surface area contributed by atoms with Crippen molar-refractivity contribution >= 4 is 45.5 Å². The molecule has 33 heavy (non-hydrogen) atoms. The van der Waals surface area contributed by atoms with Gasteiger partial charge >= 0.3 is 6.03 Å². The van der Waals surface area contributed by atoms with Gasteiger partial charge in [0.15, 0.2) is 11.5 Å². The van der Waals surface area contributed by atoms with Crippen molar-refractivity contribution in [1.82, 2.24) is 5.32 Å². The van der Waals surface area contributed by atoms with E-state index in [0.717, 1.165) is 11.3 Å². The fraction of sp³-hybridized carbons (Fsp3) is 0.292. The summed E-state index contributed by atoms with van der Waals surface area (Å²) < 4.78 is 17.5. The number of nitrogens with zero attached hydrogens (tertiary/aromatic N) is 1. The van der Waals surface area contributed by atoms with E-state index in [4.69, 9.17) is 14.2 Å². The predicted molar refractivity (Wildman–Crippen MR) is 128 cm³/mol. The fourth-order valence-electron chi connectivity index (χ4n) is 3.18. The topological polar surface area (TPSA) is 94.2 Å². The van der Waals surface area contributed by atoms with Crippen molar-refractivity contribution in [2.75, 3.05) is 18.6 Å². The predicted octanol–water partition coefficient (Wildman–Crippen LogP) is 4.70. The molecule has 0 unspecified atom stereocenters. The first-order valence-electron chi connectivity index (χ1n) is 10.5. The molecular weight excluding hydrogens is 492 g/mol. The molecule has 0 spiro atoms. The Balaban J connectivity index is 2.03. The summed E-state index contributed by atoms with van der Waals surface area (Å²) >= 11 is 3.48. The zero-order valence-electron chi connectivity index (χ0n) is 18.8. The van der Waals surface area contributed by atoms with Crippen LogP contribution in [0.2, 0.25) is 0 Å². The highest BCUT2D eigenvalue weighted by molar-refractivity contribution is 9.10. The number of nitrogens with one attached hydrogen (secondary N) is 1. The van der Waals surface area contributed by atoms with Crippen LogP contribution in [-0.4, -0.2) is 37.7 Å². The third-order valence-corrected chi connectivity index (χ3v) is 5.55. The summed E-state index contributed by atoms with van der Waals surface area (Å²) in [6.45, 7) is 6.09. The molecule has 4 amide bonds. The van der Waals surface area contributed by atoms with Gasteiger partial charge in [0.25, 0.3) is 11.8 Å². The molecule has 3 rings (SSSR count). The summed E-state index contributed by atoms with van der Waals surface area (Å²) in [6, 6.07) is 9.16. The van der Waals surface area contributed by atoms with Crippen molar-refractivity contribution in [1.29, 1.82) is 0 Å². The molecule has 0 radical (unpaired) electrons. The molecule has 0 aliphatic carbocycles. The third kappa shape index (κ3) is 5.19. The number of barbiturate groups is 1. The summed E-state index contributed by atoms with van der Waals surface area (Å²) in [7, 11) is 1.51. The SMILES string of the molecule is CCOc1ccccc1N1C(=O)NC(=O)/C(=C\c2cc(Br)c(O[C@@H](C)CC)c(OC)c2)C1=O. The highest BCUT2D eigenvalue weighted by atomic mass is 79.9. The molecule has 174 valence electrons. The number of ether oxygens (including phenoxy) is 3. The number of hydrogen-bond acceptors (Lipinski definition) is 6. The van der Waals surface area contributed by atoms with Gasteiger partial charge in [0.1, 0.15) is 11.3 Å². The van der Waals surface area contributed by atoms with Crippen LogP contribution in [0.4, 0.5) is 10.5 Å². The van der Waals surface area contributed by atoms with Gasteiger partial charge in [0.05, 0.1) is 30.0 Å². The van der Waals surface area contributed by atoms with Gasteiger partial charge in [-0.3, -0.25) is 14.9 Å². The van der Waals surface area contributed by atoms with E-state index in [1.807, 2.05) is 13.8 Å². The maximum Gasteiger partial charge on any atom is 0.336 e. The van der Waals surface area contributed by atoms with Gasteiger partial charge in [-0.25, -0.2) is 9.69 Å². The van der Waals surface area contributed by atoms with Gasteiger partial charge < -0.3 is 14.2 Å². The van der Waals surface area contributed by atoms with Crippen LogP contribution in [0, 0.1) is 0 Å². The van der Waals surface area contributed by atoms with E-state index in [0.29, 0.717) is 33.9 Å². The minimum atomic E-state index is -0.842. The lowest BCUT2D eigenvalue weighted by atomic mass is 10.1. The maximum atomic E-state index is 13.3. The zero-order chi connectivity index (χ0) is 24.1. The van der Waals surface area contributed by atoms with E-state index in [1.165, 1.54) is 13.2 Å². The van der Waals surface area contributed by atoms with E-state index in [9.17, 15) is 14.4 Å². The van der Waals surface area contributed by atoms with Gasteiger partial charge in [0, 0.05) is 0 Å². The van der Waals surface area contributed by atoms with Crippen molar-refractivity contribution < 1.29 is 28.6 Å². The Morgan fingerprint density at radius 2 is 1.85 bits per heavy atom. The Kier molecular flexibility index (Phi) is 7.75. The molecular formula is C24H25BrN2O6. The lowest BCUT2D eigenvalue weighted by Crippen LogP contribution is -2.54. The highest BCUT2D eigenvalue weighted by Gasteiger charge is 2.38. The zero-order valence-corrected chi connectivity index (χ0v) is 20.4. The first-order valence-corrected chi connectivity index (χ1v) is 11.3. The first kappa shape index (κ1) is 24.3. The first-order chi connectivity index (χ1) is 15.8. The van der Waals surface area contributed by atoms with Crippen LogP contribution in [0.15, 0.2) is 46.4 Å². The van der Waals surface area contributed by atoms with E-state index < -0.39 is 17.8 Å². The van der Waals surface area contributed by atoms with Crippen molar-refractivity contribution in [2.45, 2.75) is 33.3 Å². The number of para-hydroxylation sites is 2. The maximum absolute atomic E-state index is 13.3. The monoisotopic (exact) mass is 516 g/mol. The molecule has 8 nitrogen and oxygen atoms in total. The number of benzene rings is 2. The number of rotatable bonds is 8. The van der Waals surface area contributed by atoms with Gasteiger partial charge in [-0.2, -0.15) is 0 Å². The fourth-order valence-corrected chi connectivity index (χ4v) is 3.74. The molecule has 1 N–H and O–H groups in total. The Labute approximate surface area is 200 Å². The van der Waals surface area contributed by atoms with Gasteiger partial charge in [-0.05, 0) is 72.1 Å². The van der Waals surface area contributed by atoms with E-state index in [-0.39, 0.29) is 17.4 Å². The molecule has 1 aliphatic heterocycles. The Hall–Kier alpha value is -3.33. The van der Waals surface area contributed by atoms with Crippen molar-refractivity contribution in [3.05, 3.63) is 52.0 Å². The van der Waals surface area contributed by atoms with Crippen LogP contribution >= 0.6 is 15.9 Å². The minimum Gasteiger partial charge on any atom is -0.493 e. The lowest BCUT2D eigenvalue weighted by molar-refractivity contribution is -0.122. The Morgan fingerprint density at radius 1 is 1.12 bits per heavy atom. The third-order valence-electron chi connectivity index (χ3n) is 4.96. The molecule has 0 bridgehead atoms. The normalized spacial score (nSPS) is 16.0. The van der Waals surface area contributed by atoms with Crippen molar-refractivity contribution in [2.24, 2.45) is 0 Å². The molecule has 1 aliphatic rings. The molecule has 9 heteroatoms. The number of imide groups is 2. The molecule has 1 saturated heterocycles. The van der Waals surface area contributed by atoms with Crippen LogP contribution in [0.3, 0.4) is 0 Å².